The van der Waals surface area contributed by atoms with Crippen molar-refractivity contribution in [2.24, 2.45) is 0 Å². The molecule has 0 aliphatic carbocycles. The van der Waals surface area contributed by atoms with Gasteiger partial charge in [0.1, 0.15) is 6.29 Å². The molecule has 6 nitrogen and oxygen atoms in total. The first-order valence-electron chi connectivity index (χ1n) is 7.22. The molecule has 4 N–H and O–H groups in total. The molecule has 120 valence electrons. The Kier molecular flexibility index (Phi) is 7.70. The zero-order valence-corrected chi connectivity index (χ0v) is 13.1. The number of benzene rings is 1. The van der Waals surface area contributed by atoms with Gasteiger partial charge in [-0.05, 0) is 6.07 Å². The van der Waals surface area contributed by atoms with Crippen LogP contribution in [0.2, 0.25) is 0 Å². The molecule has 6 heteroatoms. The quantitative estimate of drug-likeness (QED) is 0.375. The molecule has 0 saturated heterocycles. The van der Waals surface area contributed by atoms with Gasteiger partial charge in [-0.15, -0.1) is 0 Å². The molecule has 0 aromatic heterocycles. The first-order chi connectivity index (χ1) is 10.6. The van der Waals surface area contributed by atoms with Crippen molar-refractivity contribution in [1.29, 1.82) is 0 Å². The lowest BCUT2D eigenvalue weighted by Gasteiger charge is -2.17. The topological polar surface area (TPSA) is 82.3 Å². The highest BCUT2D eigenvalue weighted by molar-refractivity contribution is 5.83. The van der Waals surface area contributed by atoms with E-state index in [9.17, 15) is 9.59 Å². The van der Waals surface area contributed by atoms with Crippen LogP contribution < -0.4 is 21.3 Å². The number of carbonyl (C=O) groups is 2. The van der Waals surface area contributed by atoms with Crippen LogP contribution in [0.15, 0.2) is 30.8 Å². The summed E-state index contributed by atoms with van der Waals surface area (Å²) in [5.41, 5.74) is 2.80. The minimum absolute atomic E-state index is 0.156. The average molecular weight is 304 g/mol. The monoisotopic (exact) mass is 304 g/mol. The summed E-state index contributed by atoms with van der Waals surface area (Å²) in [7, 11) is 3.41. The molecule has 1 unspecified atom stereocenters. The van der Waals surface area contributed by atoms with Gasteiger partial charge in [0.2, 0.25) is 5.91 Å². The Morgan fingerprint density at radius 3 is 2.64 bits per heavy atom. The fraction of sp³-hybridized carbons (Fsp3) is 0.375. The molecule has 0 bridgehead atoms. The van der Waals surface area contributed by atoms with Gasteiger partial charge in [0.15, 0.2) is 0 Å². The molecule has 0 aliphatic rings. The van der Waals surface area contributed by atoms with E-state index in [1.54, 1.807) is 7.05 Å². The molecule has 0 radical (unpaired) electrons. The summed E-state index contributed by atoms with van der Waals surface area (Å²) in [5, 5.41) is 11.9. The molecule has 1 aromatic carbocycles. The lowest BCUT2D eigenvalue weighted by atomic mass is 10.1. The Morgan fingerprint density at radius 1 is 1.27 bits per heavy atom. The van der Waals surface area contributed by atoms with Crippen LogP contribution in [0, 0.1) is 0 Å². The number of nitrogens with one attached hydrogen (secondary N) is 4. The predicted molar refractivity (Wildman–Crippen MR) is 89.6 cm³/mol. The Hall–Kier alpha value is -2.34. The first-order valence-corrected chi connectivity index (χ1v) is 7.22. The highest BCUT2D eigenvalue weighted by atomic mass is 16.2. The molecular weight excluding hydrogens is 280 g/mol. The minimum Gasteiger partial charge on any atom is -0.388 e. The summed E-state index contributed by atoms with van der Waals surface area (Å²) in [6.45, 7) is 5.17. The van der Waals surface area contributed by atoms with Crippen LogP contribution in [0.3, 0.4) is 0 Å². The van der Waals surface area contributed by atoms with E-state index in [0.717, 1.165) is 23.2 Å². The number of anilines is 1. The SMILES string of the molecule is C=C(NCCNC(CC=O)C(=O)NC)c1ccccc1NC. The molecule has 0 spiro atoms. The third kappa shape index (κ3) is 5.21. The van der Waals surface area contributed by atoms with Crippen molar-refractivity contribution in [2.75, 3.05) is 32.5 Å². The van der Waals surface area contributed by atoms with Gasteiger partial charge in [0, 0.05) is 50.6 Å². The van der Waals surface area contributed by atoms with Crippen molar-refractivity contribution < 1.29 is 9.59 Å². The Balaban J connectivity index is 2.44. The van der Waals surface area contributed by atoms with Crippen LogP contribution in [0.1, 0.15) is 12.0 Å². The Labute approximate surface area is 131 Å². The van der Waals surface area contributed by atoms with Gasteiger partial charge < -0.3 is 26.1 Å². The zero-order chi connectivity index (χ0) is 16.4. The summed E-state index contributed by atoms with van der Waals surface area (Å²) >= 11 is 0. The molecule has 1 rings (SSSR count). The van der Waals surface area contributed by atoms with Gasteiger partial charge >= 0.3 is 0 Å². The van der Waals surface area contributed by atoms with Crippen LogP contribution in [-0.4, -0.2) is 45.4 Å². The Morgan fingerprint density at radius 2 is 2.00 bits per heavy atom. The van der Waals surface area contributed by atoms with Crippen molar-refractivity contribution in [1.82, 2.24) is 16.0 Å². The number of likely N-dealkylation sites (N-methyl/N-ethyl adjacent to an activating group) is 1. The third-order valence-electron chi connectivity index (χ3n) is 3.27. The van der Waals surface area contributed by atoms with E-state index in [2.05, 4.69) is 27.8 Å². The van der Waals surface area contributed by atoms with Gasteiger partial charge in [0.05, 0.1) is 6.04 Å². The maximum atomic E-state index is 11.6. The fourth-order valence-electron chi connectivity index (χ4n) is 2.07. The second-order valence-electron chi connectivity index (χ2n) is 4.72. The van der Waals surface area contributed by atoms with Crippen LogP contribution in [0.25, 0.3) is 5.70 Å². The smallest absolute Gasteiger partial charge is 0.237 e. The van der Waals surface area contributed by atoms with E-state index < -0.39 is 6.04 Å². The van der Waals surface area contributed by atoms with Crippen LogP contribution in [0.4, 0.5) is 5.69 Å². The first kappa shape index (κ1) is 17.7. The predicted octanol–water partition coefficient (Wildman–Crippen LogP) is 0.582. The Bertz CT molecular complexity index is 517. The summed E-state index contributed by atoms with van der Waals surface area (Å²) in [6.07, 6.45) is 0.894. The normalized spacial score (nSPS) is 11.4. The van der Waals surface area contributed by atoms with E-state index >= 15 is 0 Å². The molecule has 0 aliphatic heterocycles. The van der Waals surface area contributed by atoms with Crippen LogP contribution in [-0.2, 0) is 9.59 Å². The third-order valence-corrected chi connectivity index (χ3v) is 3.27. The molecule has 0 saturated carbocycles. The van der Waals surface area contributed by atoms with Crippen molar-refractivity contribution in [3.05, 3.63) is 36.4 Å². The molecule has 0 fully saturated rings. The highest BCUT2D eigenvalue weighted by Gasteiger charge is 2.15. The van der Waals surface area contributed by atoms with Crippen molar-refractivity contribution in [3.8, 4) is 0 Å². The maximum absolute atomic E-state index is 11.6. The van der Waals surface area contributed by atoms with E-state index in [1.165, 1.54) is 0 Å². The number of para-hydroxylation sites is 1. The van der Waals surface area contributed by atoms with E-state index in [4.69, 9.17) is 0 Å². The lowest BCUT2D eigenvalue weighted by molar-refractivity contribution is -0.124. The molecule has 1 amide bonds. The zero-order valence-electron chi connectivity index (χ0n) is 13.1. The van der Waals surface area contributed by atoms with E-state index in [1.807, 2.05) is 31.3 Å². The second kappa shape index (κ2) is 9.57. The van der Waals surface area contributed by atoms with Gasteiger partial charge in [-0.25, -0.2) is 0 Å². The second-order valence-corrected chi connectivity index (χ2v) is 4.72. The molecule has 1 aromatic rings. The molecule has 1 atom stereocenters. The lowest BCUT2D eigenvalue weighted by Crippen LogP contribution is -2.45. The van der Waals surface area contributed by atoms with Gasteiger partial charge in [-0.1, -0.05) is 24.8 Å². The molecular formula is C16H24N4O2. The molecule has 22 heavy (non-hydrogen) atoms. The van der Waals surface area contributed by atoms with Crippen molar-refractivity contribution >= 4 is 23.6 Å². The number of amides is 1. The summed E-state index contributed by atoms with van der Waals surface area (Å²) in [4.78, 5) is 22.1. The average Bonchev–Trinajstić information content (AvgIpc) is 2.56. The van der Waals surface area contributed by atoms with Crippen molar-refractivity contribution in [2.45, 2.75) is 12.5 Å². The number of rotatable bonds is 10. The number of aldehydes is 1. The number of hydrogen-bond acceptors (Lipinski definition) is 5. The van der Waals surface area contributed by atoms with E-state index in [0.29, 0.717) is 13.1 Å². The standard InChI is InChI=1S/C16H24N4O2/c1-12(13-6-4-5-7-14(13)17-2)19-9-10-20-15(8-11-21)16(22)18-3/h4-7,11,15,17,19-20H,1,8-10H2,2-3H3,(H,18,22). The van der Waals surface area contributed by atoms with Gasteiger partial charge in [0.25, 0.3) is 0 Å². The fourth-order valence-corrected chi connectivity index (χ4v) is 2.07. The van der Waals surface area contributed by atoms with Crippen LogP contribution in [0.5, 0.6) is 0 Å². The van der Waals surface area contributed by atoms with Crippen LogP contribution >= 0.6 is 0 Å². The summed E-state index contributed by atoms with van der Waals surface area (Å²) < 4.78 is 0. The highest BCUT2D eigenvalue weighted by Crippen LogP contribution is 2.19. The summed E-state index contributed by atoms with van der Waals surface area (Å²) in [5.74, 6) is -0.188. The maximum Gasteiger partial charge on any atom is 0.237 e. The minimum atomic E-state index is -0.498. The molecule has 0 heterocycles. The number of carbonyl (C=O) groups excluding carboxylic acids is 2. The van der Waals surface area contributed by atoms with Gasteiger partial charge in [-0.2, -0.15) is 0 Å². The summed E-state index contributed by atoms with van der Waals surface area (Å²) in [6, 6.07) is 7.37. The van der Waals surface area contributed by atoms with Crippen molar-refractivity contribution in [3.63, 3.8) is 0 Å². The van der Waals surface area contributed by atoms with Gasteiger partial charge in [-0.3, -0.25) is 4.79 Å². The number of hydrogen-bond donors (Lipinski definition) is 4. The van der Waals surface area contributed by atoms with E-state index in [-0.39, 0.29) is 12.3 Å². The largest absolute Gasteiger partial charge is 0.388 e.